The summed E-state index contributed by atoms with van der Waals surface area (Å²) in [6.45, 7) is 3.40. The van der Waals surface area contributed by atoms with Crippen LogP contribution in [0.15, 0.2) is 42.6 Å². The van der Waals surface area contributed by atoms with Crippen LogP contribution in [-0.2, 0) is 11.2 Å². The van der Waals surface area contributed by atoms with Gasteiger partial charge in [-0.1, -0.05) is 18.2 Å². The highest BCUT2D eigenvalue weighted by atomic mass is 16.5. The molecule has 2 heterocycles. The minimum absolute atomic E-state index is 0.0305. The number of benzene rings is 2. The number of piperidine rings is 1. The van der Waals surface area contributed by atoms with Crippen LogP contribution in [0.4, 0.5) is 21.0 Å². The minimum Gasteiger partial charge on any atom is -0.451 e. The topological polar surface area (TPSA) is 88.5 Å². The number of nitrogens with one attached hydrogen (secondary N) is 2. The van der Waals surface area contributed by atoms with Gasteiger partial charge < -0.3 is 20.3 Å². The number of urea groups is 1. The van der Waals surface area contributed by atoms with Gasteiger partial charge in [-0.25, -0.2) is 9.59 Å². The van der Waals surface area contributed by atoms with Crippen molar-refractivity contribution in [3.05, 3.63) is 53.7 Å². The molecular weight excluding hydrogens is 418 g/mol. The van der Waals surface area contributed by atoms with Crippen LogP contribution >= 0.6 is 0 Å². The van der Waals surface area contributed by atoms with Crippen molar-refractivity contribution >= 4 is 34.4 Å². The van der Waals surface area contributed by atoms with Crippen molar-refractivity contribution in [1.82, 2.24) is 15.1 Å². The van der Waals surface area contributed by atoms with Gasteiger partial charge in [0.2, 0.25) is 0 Å². The third-order valence-electron chi connectivity index (χ3n) is 6.87. The predicted octanol–water partition coefficient (Wildman–Crippen LogP) is 4.84. The van der Waals surface area contributed by atoms with E-state index in [0.29, 0.717) is 22.6 Å². The third-order valence-corrected chi connectivity index (χ3v) is 6.87. The smallest absolute Gasteiger partial charge is 0.434 e. The molecule has 8 nitrogen and oxygen atoms in total. The molecule has 3 aromatic rings. The van der Waals surface area contributed by atoms with Gasteiger partial charge in [-0.2, -0.15) is 9.78 Å². The average Bonchev–Trinajstić information content (AvgIpc) is 3.44. The number of nitrogens with zero attached hydrogens (tertiary/aromatic N) is 3. The maximum Gasteiger partial charge on any atom is 0.434 e. The number of anilines is 2. The van der Waals surface area contributed by atoms with Crippen LogP contribution in [0.25, 0.3) is 10.9 Å². The van der Waals surface area contributed by atoms with E-state index >= 15 is 0 Å². The quantitative estimate of drug-likeness (QED) is 0.600. The fourth-order valence-corrected chi connectivity index (χ4v) is 5.22. The lowest BCUT2D eigenvalue weighted by Crippen LogP contribution is -2.38. The number of carbonyl (C=O) groups excluding carboxylic acids is 2. The molecule has 5 rings (SSSR count). The first-order valence-corrected chi connectivity index (χ1v) is 11.6. The molecule has 8 heteroatoms. The Morgan fingerprint density at radius 3 is 2.79 bits per heavy atom. The molecule has 0 bridgehead atoms. The summed E-state index contributed by atoms with van der Waals surface area (Å²) in [6.07, 6.45) is 6.57. The van der Waals surface area contributed by atoms with Gasteiger partial charge in [-0.15, -0.1) is 0 Å². The highest BCUT2D eigenvalue weighted by Crippen LogP contribution is 2.39. The Hall–Kier alpha value is -3.55. The number of fused-ring (bicyclic) bond motifs is 2. The first kappa shape index (κ1) is 21.3. The molecule has 1 saturated heterocycles. The lowest BCUT2D eigenvalue weighted by molar-refractivity contribution is 0.170. The maximum atomic E-state index is 12.9. The van der Waals surface area contributed by atoms with Crippen molar-refractivity contribution in [3.8, 4) is 0 Å². The zero-order valence-corrected chi connectivity index (χ0v) is 19.0. The van der Waals surface area contributed by atoms with E-state index in [-0.39, 0.29) is 12.1 Å². The number of ether oxygens (including phenoxy) is 1. The molecule has 0 spiro atoms. The molecule has 2 atom stereocenters. The Morgan fingerprint density at radius 1 is 1.12 bits per heavy atom. The fraction of sp³-hybridized carbons (Fsp3) is 0.400. The molecule has 0 radical (unpaired) electrons. The highest BCUT2D eigenvalue weighted by Gasteiger charge is 2.29. The molecule has 1 aliphatic carbocycles. The van der Waals surface area contributed by atoms with Crippen molar-refractivity contribution in [2.24, 2.45) is 0 Å². The Balaban J connectivity index is 1.33. The Morgan fingerprint density at radius 2 is 1.97 bits per heavy atom. The average molecular weight is 448 g/mol. The summed E-state index contributed by atoms with van der Waals surface area (Å²) in [5.41, 5.74) is 5.06. The van der Waals surface area contributed by atoms with Crippen LogP contribution in [0.5, 0.6) is 0 Å². The number of hydrogen-bond acceptors (Lipinski definition) is 5. The molecule has 172 valence electrons. The van der Waals surface area contributed by atoms with Gasteiger partial charge in [0.25, 0.3) is 0 Å². The van der Waals surface area contributed by atoms with E-state index < -0.39 is 6.09 Å². The number of rotatable bonds is 3. The van der Waals surface area contributed by atoms with E-state index in [1.165, 1.54) is 47.9 Å². The van der Waals surface area contributed by atoms with E-state index in [1.54, 1.807) is 24.4 Å². The van der Waals surface area contributed by atoms with Crippen molar-refractivity contribution in [2.75, 3.05) is 23.9 Å². The van der Waals surface area contributed by atoms with Crippen LogP contribution in [0, 0.1) is 0 Å². The standard InChI is InChI=1S/C25H29N5O3/c1-16-7-3-4-14-29(16)22-10-5-8-17-18(22)12-13-21(17)28-24(31)27-20-9-6-11-23-19(20)15-26-30(23)25(32)33-2/h5-6,8-11,15-16,21H,3-4,7,12-14H2,1-2H3,(H2,27,28,31). The molecule has 2 aromatic carbocycles. The summed E-state index contributed by atoms with van der Waals surface area (Å²) in [4.78, 5) is 27.3. The van der Waals surface area contributed by atoms with Crippen LogP contribution in [0.1, 0.15) is 49.8 Å². The third kappa shape index (κ3) is 3.90. The largest absolute Gasteiger partial charge is 0.451 e. The van der Waals surface area contributed by atoms with E-state index in [1.807, 2.05) is 0 Å². The first-order valence-electron chi connectivity index (χ1n) is 11.6. The van der Waals surface area contributed by atoms with Crippen molar-refractivity contribution in [1.29, 1.82) is 0 Å². The highest BCUT2D eigenvalue weighted by molar-refractivity contribution is 6.02. The second kappa shape index (κ2) is 8.77. The van der Waals surface area contributed by atoms with E-state index in [4.69, 9.17) is 4.74 Å². The summed E-state index contributed by atoms with van der Waals surface area (Å²) >= 11 is 0. The van der Waals surface area contributed by atoms with Crippen molar-refractivity contribution in [2.45, 2.75) is 51.1 Å². The molecule has 1 fully saturated rings. The molecule has 2 unspecified atom stereocenters. The molecule has 0 saturated carbocycles. The summed E-state index contributed by atoms with van der Waals surface area (Å²) < 4.78 is 5.94. The number of hydrogen-bond donors (Lipinski definition) is 2. The molecule has 1 aliphatic heterocycles. The summed E-state index contributed by atoms with van der Waals surface area (Å²) in [7, 11) is 1.31. The zero-order valence-electron chi connectivity index (χ0n) is 19.0. The second-order valence-corrected chi connectivity index (χ2v) is 8.84. The SMILES string of the molecule is COC(=O)n1ncc2c(NC(=O)NC3CCc4c3cccc4N3CCCCC3C)cccc21. The van der Waals surface area contributed by atoms with Gasteiger partial charge in [0.05, 0.1) is 30.6 Å². The van der Waals surface area contributed by atoms with Crippen molar-refractivity contribution < 1.29 is 14.3 Å². The Bertz CT molecular complexity index is 1200. The number of amides is 2. The number of methoxy groups -OCH3 is 1. The number of aromatic nitrogens is 2. The van der Waals surface area contributed by atoms with E-state index in [2.05, 4.69) is 45.8 Å². The van der Waals surface area contributed by atoms with Gasteiger partial charge >= 0.3 is 12.1 Å². The number of carbonyl (C=O) groups is 2. The van der Waals surface area contributed by atoms with Gasteiger partial charge in [0.15, 0.2) is 0 Å². The predicted molar refractivity (Wildman–Crippen MR) is 128 cm³/mol. The molecule has 2 amide bonds. The summed E-state index contributed by atoms with van der Waals surface area (Å²) in [5, 5.41) is 10.8. The minimum atomic E-state index is -0.576. The summed E-state index contributed by atoms with van der Waals surface area (Å²) in [5.74, 6) is 0. The molecule has 2 aliphatic rings. The van der Waals surface area contributed by atoms with E-state index in [9.17, 15) is 9.59 Å². The van der Waals surface area contributed by atoms with Crippen LogP contribution < -0.4 is 15.5 Å². The molecule has 33 heavy (non-hydrogen) atoms. The Kier molecular flexibility index (Phi) is 5.66. The molecule has 2 N–H and O–H groups in total. The maximum absolute atomic E-state index is 12.9. The monoisotopic (exact) mass is 447 g/mol. The van der Waals surface area contributed by atoms with Crippen LogP contribution in [0.2, 0.25) is 0 Å². The zero-order chi connectivity index (χ0) is 22.9. The van der Waals surface area contributed by atoms with Crippen LogP contribution in [-0.4, -0.2) is 41.6 Å². The lowest BCUT2D eigenvalue weighted by Gasteiger charge is -2.36. The van der Waals surface area contributed by atoms with Gasteiger partial charge in [0.1, 0.15) is 0 Å². The van der Waals surface area contributed by atoms with Gasteiger partial charge in [0, 0.05) is 23.7 Å². The summed E-state index contributed by atoms with van der Waals surface area (Å²) in [6, 6.07) is 12.0. The normalized spacial score (nSPS) is 19.9. The Labute approximate surface area is 192 Å². The van der Waals surface area contributed by atoms with Crippen LogP contribution in [0.3, 0.4) is 0 Å². The lowest BCUT2D eigenvalue weighted by atomic mass is 9.99. The first-order chi connectivity index (χ1) is 16.1. The van der Waals surface area contributed by atoms with Gasteiger partial charge in [-0.05, 0) is 68.4 Å². The van der Waals surface area contributed by atoms with Gasteiger partial charge in [-0.3, -0.25) is 0 Å². The second-order valence-electron chi connectivity index (χ2n) is 8.84. The van der Waals surface area contributed by atoms with E-state index in [0.717, 1.165) is 19.4 Å². The molecule has 1 aromatic heterocycles. The van der Waals surface area contributed by atoms with Crippen molar-refractivity contribution in [3.63, 3.8) is 0 Å². The molecular formula is C25H29N5O3. The fourth-order valence-electron chi connectivity index (χ4n) is 5.22.